The number of carbonyl (C=O) groups excluding carboxylic acids is 2. The average Bonchev–Trinajstić information content (AvgIpc) is 2.52. The Bertz CT molecular complexity index is 769. The van der Waals surface area contributed by atoms with Gasteiger partial charge in [-0.3, -0.25) is 14.5 Å². The average molecular weight is 412 g/mol. The Morgan fingerprint density at radius 1 is 1.00 bits per heavy atom. The molecule has 0 unspecified atom stereocenters. The molecule has 132 valence electrons. The summed E-state index contributed by atoms with van der Waals surface area (Å²) >= 11 is 3.13. The third kappa shape index (κ3) is 6.24. The molecule has 2 aromatic rings. The van der Waals surface area contributed by atoms with Gasteiger partial charge in [-0.15, -0.1) is 0 Å². The Morgan fingerprint density at radius 3 is 2.20 bits per heavy atom. The van der Waals surface area contributed by atoms with Crippen molar-refractivity contribution in [3.8, 4) is 0 Å². The van der Waals surface area contributed by atoms with Crippen LogP contribution in [0.1, 0.15) is 0 Å². The molecule has 2 amide bonds. The number of rotatable bonds is 6. The molecular formula is C17H16BrF2N3O2. The number of halogens is 3. The Labute approximate surface area is 152 Å². The largest absolute Gasteiger partial charge is 0.325 e. The van der Waals surface area contributed by atoms with Crippen molar-refractivity contribution >= 4 is 39.1 Å². The van der Waals surface area contributed by atoms with Gasteiger partial charge in [0.1, 0.15) is 11.6 Å². The molecule has 0 saturated heterocycles. The summed E-state index contributed by atoms with van der Waals surface area (Å²) in [6, 6.07) is 9.65. The van der Waals surface area contributed by atoms with Crippen LogP contribution in [0.4, 0.5) is 20.2 Å². The second-order valence-corrected chi connectivity index (χ2v) is 6.32. The molecule has 2 rings (SSSR count). The van der Waals surface area contributed by atoms with Crippen molar-refractivity contribution in [1.82, 2.24) is 4.90 Å². The van der Waals surface area contributed by atoms with Gasteiger partial charge in [-0.2, -0.15) is 0 Å². The Hall–Kier alpha value is -2.32. The molecule has 0 aliphatic rings. The molecule has 0 heterocycles. The van der Waals surface area contributed by atoms with E-state index in [0.29, 0.717) is 10.2 Å². The van der Waals surface area contributed by atoms with Crippen molar-refractivity contribution in [3.05, 3.63) is 58.6 Å². The molecule has 0 fully saturated rings. The molecule has 2 aromatic carbocycles. The zero-order valence-electron chi connectivity index (χ0n) is 13.4. The highest BCUT2D eigenvalue weighted by Gasteiger charge is 2.13. The predicted molar refractivity (Wildman–Crippen MR) is 95.3 cm³/mol. The minimum atomic E-state index is -0.556. The quantitative estimate of drug-likeness (QED) is 0.766. The van der Waals surface area contributed by atoms with E-state index >= 15 is 0 Å². The molecule has 0 aliphatic heterocycles. The van der Waals surface area contributed by atoms with Crippen LogP contribution in [0.5, 0.6) is 0 Å². The summed E-state index contributed by atoms with van der Waals surface area (Å²) in [7, 11) is 1.59. The molecule has 25 heavy (non-hydrogen) atoms. The van der Waals surface area contributed by atoms with E-state index in [4.69, 9.17) is 0 Å². The van der Waals surface area contributed by atoms with Crippen LogP contribution in [0.3, 0.4) is 0 Å². The molecule has 0 atom stereocenters. The van der Waals surface area contributed by atoms with Gasteiger partial charge < -0.3 is 10.6 Å². The van der Waals surface area contributed by atoms with E-state index < -0.39 is 17.5 Å². The number of hydrogen-bond donors (Lipinski definition) is 2. The normalized spacial score (nSPS) is 10.6. The number of anilines is 2. The van der Waals surface area contributed by atoms with E-state index in [1.165, 1.54) is 41.3 Å². The summed E-state index contributed by atoms with van der Waals surface area (Å²) in [4.78, 5) is 25.3. The second kappa shape index (κ2) is 8.68. The summed E-state index contributed by atoms with van der Waals surface area (Å²) in [6.07, 6.45) is 0. The van der Waals surface area contributed by atoms with E-state index in [2.05, 4.69) is 26.6 Å². The fraction of sp³-hybridized carbons (Fsp3) is 0.176. The lowest BCUT2D eigenvalue weighted by atomic mass is 10.3. The maximum atomic E-state index is 13.7. The minimum Gasteiger partial charge on any atom is -0.325 e. The molecule has 5 nitrogen and oxygen atoms in total. The lowest BCUT2D eigenvalue weighted by molar-refractivity contribution is -0.119. The lowest BCUT2D eigenvalue weighted by Crippen LogP contribution is -2.36. The number of benzene rings is 2. The first-order chi connectivity index (χ1) is 11.8. The Kier molecular flexibility index (Phi) is 6.60. The molecular weight excluding hydrogens is 396 g/mol. The van der Waals surface area contributed by atoms with Crippen LogP contribution in [0.2, 0.25) is 0 Å². The SMILES string of the molecule is CN(CC(=O)Nc1ccc(F)cc1)CC(=O)Nc1ccc(Br)cc1F. The van der Waals surface area contributed by atoms with E-state index in [0.717, 1.165) is 0 Å². The van der Waals surface area contributed by atoms with Crippen LogP contribution in [-0.2, 0) is 9.59 Å². The first-order valence-electron chi connectivity index (χ1n) is 7.32. The Balaban J connectivity index is 1.82. The van der Waals surface area contributed by atoms with E-state index in [9.17, 15) is 18.4 Å². The number of carbonyl (C=O) groups is 2. The van der Waals surface area contributed by atoms with Crippen LogP contribution in [0.25, 0.3) is 0 Å². The van der Waals surface area contributed by atoms with Crippen LogP contribution in [0.15, 0.2) is 46.9 Å². The first-order valence-corrected chi connectivity index (χ1v) is 8.11. The third-order valence-corrected chi connectivity index (χ3v) is 3.65. The number of amides is 2. The highest BCUT2D eigenvalue weighted by Crippen LogP contribution is 2.19. The molecule has 0 saturated carbocycles. The van der Waals surface area contributed by atoms with Gasteiger partial charge in [-0.1, -0.05) is 15.9 Å². The zero-order valence-corrected chi connectivity index (χ0v) is 14.9. The van der Waals surface area contributed by atoms with Gasteiger partial charge in [0.15, 0.2) is 0 Å². The van der Waals surface area contributed by atoms with Gasteiger partial charge >= 0.3 is 0 Å². The first kappa shape index (κ1) is 19.0. The minimum absolute atomic E-state index is 0.0480. The van der Waals surface area contributed by atoms with Crippen LogP contribution < -0.4 is 10.6 Å². The second-order valence-electron chi connectivity index (χ2n) is 5.40. The van der Waals surface area contributed by atoms with Crippen LogP contribution in [0, 0.1) is 11.6 Å². The monoisotopic (exact) mass is 411 g/mol. The summed E-state index contributed by atoms with van der Waals surface area (Å²) in [5, 5.41) is 5.04. The lowest BCUT2D eigenvalue weighted by Gasteiger charge is -2.16. The molecule has 0 spiro atoms. The van der Waals surface area contributed by atoms with Crippen molar-refractivity contribution in [2.75, 3.05) is 30.8 Å². The smallest absolute Gasteiger partial charge is 0.238 e. The summed E-state index contributed by atoms with van der Waals surface area (Å²) in [5.41, 5.74) is 0.526. The maximum absolute atomic E-state index is 13.7. The fourth-order valence-electron chi connectivity index (χ4n) is 2.06. The van der Waals surface area contributed by atoms with E-state index in [1.807, 2.05) is 0 Å². The molecule has 0 aliphatic carbocycles. The van der Waals surface area contributed by atoms with Crippen molar-refractivity contribution in [2.45, 2.75) is 0 Å². The fourth-order valence-corrected chi connectivity index (χ4v) is 2.39. The summed E-state index contributed by atoms with van der Waals surface area (Å²) in [5.74, 6) is -1.75. The van der Waals surface area contributed by atoms with Crippen molar-refractivity contribution < 1.29 is 18.4 Å². The molecule has 0 radical (unpaired) electrons. The molecule has 0 bridgehead atoms. The zero-order chi connectivity index (χ0) is 18.4. The van der Waals surface area contributed by atoms with Gasteiger partial charge in [0.05, 0.1) is 18.8 Å². The standard InChI is InChI=1S/C17H16BrF2N3O2/c1-23(9-16(24)21-13-5-3-12(19)4-6-13)10-17(25)22-15-7-2-11(18)8-14(15)20/h2-8H,9-10H2,1H3,(H,21,24)(H,22,25). The van der Waals surface area contributed by atoms with Crippen molar-refractivity contribution in [1.29, 1.82) is 0 Å². The van der Waals surface area contributed by atoms with Gasteiger partial charge in [0, 0.05) is 10.2 Å². The van der Waals surface area contributed by atoms with Gasteiger partial charge in [-0.25, -0.2) is 8.78 Å². The number of likely N-dealkylation sites (N-methyl/N-ethyl adjacent to an activating group) is 1. The molecule has 0 aromatic heterocycles. The van der Waals surface area contributed by atoms with Crippen molar-refractivity contribution in [3.63, 3.8) is 0 Å². The highest BCUT2D eigenvalue weighted by atomic mass is 79.9. The van der Waals surface area contributed by atoms with E-state index in [1.54, 1.807) is 13.1 Å². The van der Waals surface area contributed by atoms with Gasteiger partial charge in [0.25, 0.3) is 0 Å². The third-order valence-electron chi connectivity index (χ3n) is 3.16. The number of nitrogens with zero attached hydrogens (tertiary/aromatic N) is 1. The predicted octanol–water partition coefficient (Wildman–Crippen LogP) is 3.24. The van der Waals surface area contributed by atoms with Crippen molar-refractivity contribution in [2.24, 2.45) is 0 Å². The van der Waals surface area contributed by atoms with Gasteiger partial charge in [-0.05, 0) is 49.5 Å². The van der Waals surface area contributed by atoms with Crippen LogP contribution >= 0.6 is 15.9 Å². The summed E-state index contributed by atoms with van der Waals surface area (Å²) in [6.45, 7) is -0.139. The topological polar surface area (TPSA) is 61.4 Å². The van der Waals surface area contributed by atoms with Gasteiger partial charge in [0.2, 0.25) is 11.8 Å². The number of nitrogens with one attached hydrogen (secondary N) is 2. The maximum Gasteiger partial charge on any atom is 0.238 e. The molecule has 2 N–H and O–H groups in total. The Morgan fingerprint density at radius 2 is 1.60 bits per heavy atom. The highest BCUT2D eigenvalue weighted by molar-refractivity contribution is 9.10. The molecule has 8 heteroatoms. The number of hydrogen-bond acceptors (Lipinski definition) is 3. The summed E-state index contributed by atoms with van der Waals surface area (Å²) < 4.78 is 27.1. The van der Waals surface area contributed by atoms with Crippen LogP contribution in [-0.4, -0.2) is 36.9 Å². The van der Waals surface area contributed by atoms with E-state index in [-0.39, 0.29) is 24.7 Å².